The third kappa shape index (κ3) is 3.81. The van der Waals surface area contributed by atoms with Gasteiger partial charge >= 0.3 is 12.3 Å². The van der Waals surface area contributed by atoms with E-state index in [2.05, 4.69) is 14.8 Å². The molecule has 2 fully saturated rings. The molecule has 8 nitrogen and oxygen atoms in total. The molecule has 2 aromatic heterocycles. The second-order valence-electron chi connectivity index (χ2n) is 8.18. The van der Waals surface area contributed by atoms with Gasteiger partial charge in [0.2, 0.25) is 0 Å². The maximum Gasteiger partial charge on any atom is 0.425 e. The summed E-state index contributed by atoms with van der Waals surface area (Å²) in [6.07, 6.45) is -3.57. The molecule has 2 aromatic rings. The van der Waals surface area contributed by atoms with Crippen LogP contribution in [0.3, 0.4) is 0 Å². The molecule has 31 heavy (non-hydrogen) atoms. The van der Waals surface area contributed by atoms with Crippen LogP contribution < -0.4 is 0 Å². The van der Waals surface area contributed by atoms with E-state index in [9.17, 15) is 22.8 Å². The highest BCUT2D eigenvalue weighted by molar-refractivity contribution is 5.95. The van der Waals surface area contributed by atoms with Crippen LogP contribution in [-0.2, 0) is 4.74 Å². The van der Waals surface area contributed by atoms with E-state index < -0.39 is 23.9 Å². The number of nitrogens with zero attached hydrogens (tertiary/aromatic N) is 5. The lowest BCUT2D eigenvalue weighted by Crippen LogP contribution is -2.55. The molecule has 2 saturated heterocycles. The first kappa shape index (κ1) is 21.4. The number of ether oxygens (including phenoxy) is 1. The number of hydrogen-bond donors (Lipinski definition) is 0. The molecule has 1 atom stereocenters. The number of halogens is 3. The van der Waals surface area contributed by atoms with Gasteiger partial charge in [-0.1, -0.05) is 0 Å². The van der Waals surface area contributed by atoms with Crippen LogP contribution in [0.5, 0.6) is 0 Å². The van der Waals surface area contributed by atoms with Crippen LogP contribution in [0.4, 0.5) is 18.0 Å². The Labute approximate surface area is 177 Å². The summed E-state index contributed by atoms with van der Waals surface area (Å²) in [4.78, 5) is 33.2. The van der Waals surface area contributed by atoms with Crippen LogP contribution in [0, 0.1) is 6.92 Å². The lowest BCUT2D eigenvalue weighted by Gasteiger charge is -2.44. The van der Waals surface area contributed by atoms with Gasteiger partial charge in [0, 0.05) is 31.4 Å². The average molecular weight is 439 g/mol. The molecule has 4 rings (SSSR count). The number of imidazole rings is 1. The highest BCUT2D eigenvalue weighted by Crippen LogP contribution is 2.40. The molecular formula is C20H24F3N5O3. The normalized spacial score (nSPS) is 19.8. The van der Waals surface area contributed by atoms with Crippen molar-refractivity contribution in [2.45, 2.75) is 57.3 Å². The topological polar surface area (TPSA) is 80.0 Å². The lowest BCUT2D eigenvalue weighted by atomic mass is 9.85. The Kier molecular flexibility index (Phi) is 5.30. The van der Waals surface area contributed by atoms with Gasteiger partial charge in [-0.2, -0.15) is 18.3 Å². The van der Waals surface area contributed by atoms with Crippen LogP contribution in [-0.4, -0.2) is 73.9 Å². The number of carbonyl (C=O) groups excluding carboxylic acids is 2. The Bertz CT molecular complexity index is 998. The fourth-order valence-corrected chi connectivity index (χ4v) is 4.55. The number of carbonyl (C=O) groups is 2. The Balaban J connectivity index is 1.48. The average Bonchev–Trinajstić information content (AvgIpc) is 3.27. The van der Waals surface area contributed by atoms with Crippen molar-refractivity contribution in [1.29, 1.82) is 0 Å². The number of alkyl halides is 3. The summed E-state index contributed by atoms with van der Waals surface area (Å²) in [6.45, 7) is 3.63. The van der Waals surface area contributed by atoms with Crippen molar-refractivity contribution in [2.24, 2.45) is 0 Å². The molecule has 0 aromatic carbocycles. The highest BCUT2D eigenvalue weighted by Gasteiger charge is 2.48. The summed E-state index contributed by atoms with van der Waals surface area (Å²) >= 11 is 0. The summed E-state index contributed by atoms with van der Waals surface area (Å²) in [6, 6.07) is 3.53. The molecule has 0 saturated carbocycles. The van der Waals surface area contributed by atoms with Gasteiger partial charge in [-0.15, -0.1) is 0 Å². The van der Waals surface area contributed by atoms with Gasteiger partial charge in [-0.05, 0) is 51.7 Å². The molecule has 0 bridgehead atoms. The van der Waals surface area contributed by atoms with Gasteiger partial charge < -0.3 is 14.5 Å². The first-order valence-corrected chi connectivity index (χ1v) is 10.3. The van der Waals surface area contributed by atoms with Crippen LogP contribution in [0.1, 0.15) is 48.8 Å². The molecule has 1 unspecified atom stereocenters. The van der Waals surface area contributed by atoms with Crippen LogP contribution in [0.25, 0.3) is 5.65 Å². The third-order valence-corrected chi connectivity index (χ3v) is 6.30. The van der Waals surface area contributed by atoms with Crippen LogP contribution in [0.15, 0.2) is 18.3 Å². The zero-order valence-electron chi connectivity index (χ0n) is 17.4. The van der Waals surface area contributed by atoms with Crippen molar-refractivity contribution in [3.63, 3.8) is 0 Å². The molecule has 11 heteroatoms. The maximum absolute atomic E-state index is 13.5. The van der Waals surface area contributed by atoms with Crippen molar-refractivity contribution in [3.05, 3.63) is 29.7 Å². The molecule has 0 N–H and O–H groups in total. The number of aryl methyl sites for hydroxylation is 1. The fourth-order valence-electron chi connectivity index (χ4n) is 4.55. The van der Waals surface area contributed by atoms with Crippen molar-refractivity contribution in [3.8, 4) is 0 Å². The number of amides is 2. The number of likely N-dealkylation sites (tertiary alicyclic amines) is 2. The van der Waals surface area contributed by atoms with Crippen molar-refractivity contribution in [1.82, 2.24) is 24.4 Å². The van der Waals surface area contributed by atoms with Crippen molar-refractivity contribution >= 4 is 17.6 Å². The maximum atomic E-state index is 13.5. The largest absolute Gasteiger partial charge is 0.437 e. The number of fused-ring (bicyclic) bond motifs is 1. The number of aromatic nitrogens is 3. The second kappa shape index (κ2) is 7.69. The third-order valence-electron chi connectivity index (χ3n) is 6.30. The minimum Gasteiger partial charge on any atom is -0.437 e. The molecule has 0 aliphatic carbocycles. The monoisotopic (exact) mass is 439 g/mol. The van der Waals surface area contributed by atoms with Crippen molar-refractivity contribution < 1.29 is 27.5 Å². The summed E-state index contributed by atoms with van der Waals surface area (Å²) in [7, 11) is 0. The van der Waals surface area contributed by atoms with Crippen LogP contribution in [0.2, 0.25) is 0 Å². The molecule has 2 aliphatic rings. The van der Waals surface area contributed by atoms with Gasteiger partial charge in [0.05, 0.1) is 5.69 Å². The standard InChI is InChI=1S/C20H24F3N5O3/c1-13-16(28-15(25-13)5-3-9-24-28)17(29)27-10-4-6-19(27)7-11-26(12-8-19)18(30)31-14(2)20(21,22)23/h3,5,9,14H,4,6-8,10-12H2,1-2H3. The van der Waals surface area contributed by atoms with Crippen molar-refractivity contribution in [2.75, 3.05) is 19.6 Å². The van der Waals surface area contributed by atoms with E-state index in [1.165, 1.54) is 9.42 Å². The number of rotatable bonds is 2. The summed E-state index contributed by atoms with van der Waals surface area (Å²) in [5, 5.41) is 4.26. The Morgan fingerprint density at radius 1 is 1.19 bits per heavy atom. The molecule has 168 valence electrons. The first-order valence-electron chi connectivity index (χ1n) is 10.3. The molecule has 2 amide bonds. The van der Waals surface area contributed by atoms with E-state index in [1.807, 2.05) is 4.90 Å². The summed E-state index contributed by atoms with van der Waals surface area (Å²) in [5.74, 6) is -0.164. The SMILES string of the molecule is Cc1nc2cccnn2c1C(=O)N1CCCC12CCN(C(=O)OC(C)C(F)(F)F)CC2. The number of piperidine rings is 1. The molecule has 0 radical (unpaired) electrons. The lowest BCUT2D eigenvalue weighted by molar-refractivity contribution is -0.200. The van der Waals surface area contributed by atoms with Gasteiger partial charge in [0.15, 0.2) is 17.4 Å². The van der Waals surface area contributed by atoms with Gasteiger partial charge in [0.1, 0.15) is 0 Å². The van der Waals surface area contributed by atoms with E-state index in [4.69, 9.17) is 0 Å². The zero-order chi connectivity index (χ0) is 22.4. The zero-order valence-corrected chi connectivity index (χ0v) is 17.4. The fraction of sp³-hybridized carbons (Fsp3) is 0.600. The molecule has 1 spiro atoms. The smallest absolute Gasteiger partial charge is 0.425 e. The molecular weight excluding hydrogens is 415 g/mol. The second-order valence-corrected chi connectivity index (χ2v) is 8.18. The van der Waals surface area contributed by atoms with E-state index in [0.29, 0.717) is 36.4 Å². The predicted molar refractivity (Wildman–Crippen MR) is 104 cm³/mol. The number of hydrogen-bond acceptors (Lipinski definition) is 5. The van der Waals surface area contributed by atoms with E-state index >= 15 is 0 Å². The van der Waals surface area contributed by atoms with E-state index in [1.54, 1.807) is 25.3 Å². The van der Waals surface area contributed by atoms with Crippen LogP contribution >= 0.6 is 0 Å². The summed E-state index contributed by atoms with van der Waals surface area (Å²) in [5.41, 5.74) is 1.16. The molecule has 2 aliphatic heterocycles. The minimum absolute atomic E-state index is 0.164. The van der Waals surface area contributed by atoms with Gasteiger partial charge in [-0.3, -0.25) is 4.79 Å². The Morgan fingerprint density at radius 3 is 2.58 bits per heavy atom. The quantitative estimate of drug-likeness (QED) is 0.718. The molecule has 4 heterocycles. The summed E-state index contributed by atoms with van der Waals surface area (Å²) < 4.78 is 44.2. The Morgan fingerprint density at radius 2 is 1.90 bits per heavy atom. The van der Waals surface area contributed by atoms with E-state index in [0.717, 1.165) is 19.8 Å². The van der Waals surface area contributed by atoms with E-state index in [-0.39, 0.29) is 19.0 Å². The highest BCUT2D eigenvalue weighted by atomic mass is 19.4. The van der Waals surface area contributed by atoms with Gasteiger partial charge in [-0.25, -0.2) is 14.3 Å². The minimum atomic E-state index is -4.60. The first-order chi connectivity index (χ1) is 14.6. The van der Waals surface area contributed by atoms with Gasteiger partial charge in [0.25, 0.3) is 5.91 Å². The predicted octanol–water partition coefficient (Wildman–Crippen LogP) is 3.20. The Hall–Kier alpha value is -2.85.